The van der Waals surface area contributed by atoms with E-state index >= 15 is 0 Å². The number of aromatic carboxylic acids is 4. The molecule has 284 valence electrons. The smallest absolute Gasteiger partial charge is 0.336 e. The summed E-state index contributed by atoms with van der Waals surface area (Å²) in [7, 11) is 0. The molecular formula is C47H36O10. The van der Waals surface area contributed by atoms with Gasteiger partial charge in [0.2, 0.25) is 0 Å². The van der Waals surface area contributed by atoms with Crippen molar-refractivity contribution in [3.8, 4) is 11.5 Å². The highest BCUT2D eigenvalue weighted by atomic mass is 16.5. The van der Waals surface area contributed by atoms with Crippen LogP contribution in [0.5, 0.6) is 11.5 Å². The van der Waals surface area contributed by atoms with Crippen LogP contribution in [0.2, 0.25) is 0 Å². The molecular weight excluding hydrogens is 725 g/mol. The van der Waals surface area contributed by atoms with Gasteiger partial charge in [0.25, 0.3) is 0 Å². The molecule has 2 unspecified atom stereocenters. The molecule has 0 bridgehead atoms. The summed E-state index contributed by atoms with van der Waals surface area (Å²) in [4.78, 5) is 50.8. The molecule has 0 spiro atoms. The van der Waals surface area contributed by atoms with Gasteiger partial charge in [0, 0.05) is 27.7 Å². The lowest BCUT2D eigenvalue weighted by Gasteiger charge is -2.42. The van der Waals surface area contributed by atoms with Crippen LogP contribution < -0.4 is 9.47 Å². The molecule has 2 aliphatic rings. The van der Waals surface area contributed by atoms with Crippen LogP contribution in [0.3, 0.4) is 0 Å². The fourth-order valence-corrected chi connectivity index (χ4v) is 8.25. The van der Waals surface area contributed by atoms with Crippen LogP contribution in [-0.4, -0.2) is 44.3 Å². The van der Waals surface area contributed by atoms with Crippen molar-refractivity contribution in [2.45, 2.75) is 38.9 Å². The van der Waals surface area contributed by atoms with Crippen molar-refractivity contribution < 1.29 is 49.1 Å². The van der Waals surface area contributed by atoms with Crippen molar-refractivity contribution in [3.05, 3.63) is 165 Å². The normalized spacial score (nSPS) is 13.9. The van der Waals surface area contributed by atoms with E-state index in [-0.39, 0.29) is 33.4 Å². The first kappa shape index (κ1) is 36.8. The van der Waals surface area contributed by atoms with E-state index in [4.69, 9.17) is 9.47 Å². The van der Waals surface area contributed by atoms with Crippen LogP contribution in [-0.2, 0) is 12.8 Å². The molecule has 6 aromatic carbocycles. The zero-order valence-corrected chi connectivity index (χ0v) is 30.9. The Morgan fingerprint density at radius 3 is 1.35 bits per heavy atom. The molecule has 0 saturated carbocycles. The quantitative estimate of drug-likeness (QED) is 0.0942. The zero-order valence-electron chi connectivity index (χ0n) is 30.9. The second-order valence-electron chi connectivity index (χ2n) is 14.8. The highest BCUT2D eigenvalue weighted by Crippen LogP contribution is 2.52. The van der Waals surface area contributed by atoms with Crippen molar-refractivity contribution in [1.29, 1.82) is 0 Å². The van der Waals surface area contributed by atoms with Crippen LogP contribution in [0.1, 0.15) is 101 Å². The minimum absolute atomic E-state index is 0.00494. The fourth-order valence-electron chi connectivity index (χ4n) is 8.25. The standard InChI is InChI=1S/C47H36O10/c1-47(2,41(35-23-29(43(48)49)15-19-31(35)45(52)53)56-37-21-17-27-9-3-7-25-11-5-13-33(37)39(25)27)42(36-24-30(44(50)51)16-20-32(36)46(54)55)57-38-22-18-28-10-4-8-26-12-6-14-34(38)40(26)28/h3-10,13-24,41-42H,11-12H2,1-2H3,(H,48,49)(H,50,51)(H,52,53)(H,54,55). The van der Waals surface area contributed by atoms with Gasteiger partial charge in [0.05, 0.1) is 22.3 Å². The van der Waals surface area contributed by atoms with E-state index in [1.165, 1.54) is 36.4 Å². The Labute approximate surface area is 326 Å². The predicted octanol–water partition coefficient (Wildman–Crippen LogP) is 9.89. The summed E-state index contributed by atoms with van der Waals surface area (Å²) in [5, 5.41) is 45.2. The molecule has 2 aliphatic carbocycles. The molecule has 4 N–H and O–H groups in total. The van der Waals surface area contributed by atoms with Crippen molar-refractivity contribution in [3.63, 3.8) is 0 Å². The van der Waals surface area contributed by atoms with Gasteiger partial charge in [-0.3, -0.25) is 0 Å². The van der Waals surface area contributed by atoms with Crippen LogP contribution in [0.4, 0.5) is 0 Å². The number of hydrogen-bond acceptors (Lipinski definition) is 6. The number of carboxylic acid groups (broad SMARTS) is 4. The summed E-state index contributed by atoms with van der Waals surface area (Å²) >= 11 is 0. The summed E-state index contributed by atoms with van der Waals surface area (Å²) in [6.07, 6.45) is 6.52. The lowest BCUT2D eigenvalue weighted by atomic mass is 9.72. The fraction of sp³-hybridized carbons (Fsp3) is 0.149. The first-order chi connectivity index (χ1) is 27.3. The summed E-state index contributed by atoms with van der Waals surface area (Å²) in [6, 6.07) is 26.6. The number of allylic oxidation sites excluding steroid dienone is 2. The third-order valence-electron chi connectivity index (χ3n) is 11.0. The van der Waals surface area contributed by atoms with Gasteiger partial charge >= 0.3 is 23.9 Å². The number of benzene rings is 6. The van der Waals surface area contributed by atoms with Crippen molar-refractivity contribution in [1.82, 2.24) is 0 Å². The van der Waals surface area contributed by atoms with Crippen molar-refractivity contribution >= 4 is 57.6 Å². The van der Waals surface area contributed by atoms with E-state index in [2.05, 4.69) is 0 Å². The first-order valence-electron chi connectivity index (χ1n) is 18.3. The first-order valence-corrected chi connectivity index (χ1v) is 18.3. The third kappa shape index (κ3) is 6.44. The molecule has 0 radical (unpaired) electrons. The van der Waals surface area contributed by atoms with E-state index in [0.29, 0.717) is 24.3 Å². The Morgan fingerprint density at radius 2 is 0.965 bits per heavy atom. The van der Waals surface area contributed by atoms with Crippen LogP contribution >= 0.6 is 0 Å². The number of rotatable bonds is 12. The van der Waals surface area contributed by atoms with Crippen LogP contribution in [0, 0.1) is 5.41 Å². The minimum atomic E-state index is -1.50. The number of hydrogen-bond donors (Lipinski definition) is 4. The van der Waals surface area contributed by atoms with Crippen molar-refractivity contribution in [2.75, 3.05) is 0 Å². The van der Waals surface area contributed by atoms with Crippen LogP contribution in [0.15, 0.2) is 109 Å². The summed E-state index contributed by atoms with van der Waals surface area (Å²) < 4.78 is 14.0. The summed E-state index contributed by atoms with van der Waals surface area (Å²) in [5.41, 5.74) is 1.18. The Bertz CT molecular complexity index is 2570. The average molecular weight is 761 g/mol. The van der Waals surface area contributed by atoms with Gasteiger partial charge in [-0.25, -0.2) is 19.2 Å². The Morgan fingerprint density at radius 1 is 0.544 bits per heavy atom. The highest BCUT2D eigenvalue weighted by Gasteiger charge is 2.46. The molecule has 0 aromatic heterocycles. The van der Waals surface area contributed by atoms with Gasteiger partial charge in [-0.15, -0.1) is 0 Å². The maximum absolute atomic E-state index is 13.0. The van der Waals surface area contributed by atoms with E-state index in [0.717, 1.165) is 43.8 Å². The summed E-state index contributed by atoms with van der Waals surface area (Å²) in [6.45, 7) is 3.42. The minimum Gasteiger partial charge on any atom is -0.484 e. The Hall–Kier alpha value is -7.20. The molecule has 0 aliphatic heterocycles. The maximum Gasteiger partial charge on any atom is 0.336 e. The molecule has 10 heteroatoms. The molecule has 2 atom stereocenters. The second-order valence-corrected chi connectivity index (χ2v) is 14.8. The SMILES string of the molecule is CC(C)(C(Oc1ccc2cccc3c2c1C=CC3)c1cc(C(=O)O)ccc1C(=O)O)C(Oc1ccc2cccc3c2c1C=CC3)c1cc(C(=O)O)ccc1C(=O)O. The zero-order chi connectivity index (χ0) is 40.2. The third-order valence-corrected chi connectivity index (χ3v) is 11.0. The average Bonchev–Trinajstić information content (AvgIpc) is 3.20. The van der Waals surface area contributed by atoms with Crippen molar-refractivity contribution in [2.24, 2.45) is 5.41 Å². The number of carbonyl (C=O) groups is 4. The topological polar surface area (TPSA) is 168 Å². The molecule has 0 amide bonds. The van der Waals surface area contributed by atoms with Gasteiger partial charge in [0.15, 0.2) is 0 Å². The van der Waals surface area contributed by atoms with Gasteiger partial charge in [-0.2, -0.15) is 0 Å². The van der Waals surface area contributed by atoms with E-state index in [1.807, 2.05) is 72.8 Å². The number of carboxylic acids is 4. The predicted molar refractivity (Wildman–Crippen MR) is 215 cm³/mol. The molecule has 0 saturated heterocycles. The lowest BCUT2D eigenvalue weighted by Crippen LogP contribution is -2.38. The second kappa shape index (κ2) is 14.1. The van der Waals surface area contributed by atoms with Gasteiger partial charge in [0.1, 0.15) is 23.7 Å². The molecule has 0 fully saturated rings. The van der Waals surface area contributed by atoms with E-state index < -0.39 is 41.5 Å². The Kier molecular flexibility index (Phi) is 9.12. The van der Waals surface area contributed by atoms with E-state index in [9.17, 15) is 39.6 Å². The van der Waals surface area contributed by atoms with Gasteiger partial charge in [-0.1, -0.05) is 86.7 Å². The molecule has 8 rings (SSSR count). The molecule has 57 heavy (non-hydrogen) atoms. The Balaban J connectivity index is 1.41. The van der Waals surface area contributed by atoms with E-state index in [1.54, 1.807) is 26.0 Å². The lowest BCUT2D eigenvalue weighted by molar-refractivity contribution is -0.0261. The maximum atomic E-state index is 13.0. The summed E-state index contributed by atoms with van der Waals surface area (Å²) in [5.74, 6) is -4.56. The number of ether oxygens (including phenoxy) is 2. The molecule has 6 aromatic rings. The molecule has 0 heterocycles. The molecule has 10 nitrogen and oxygen atoms in total. The van der Waals surface area contributed by atoms with Crippen LogP contribution in [0.25, 0.3) is 33.7 Å². The monoisotopic (exact) mass is 760 g/mol. The highest BCUT2D eigenvalue weighted by molar-refractivity contribution is 5.99. The van der Waals surface area contributed by atoms with Gasteiger partial charge < -0.3 is 29.9 Å². The largest absolute Gasteiger partial charge is 0.484 e. The van der Waals surface area contributed by atoms with Gasteiger partial charge in [-0.05, 0) is 94.0 Å².